The number of carbonyl (C=O) groups excluding carboxylic acids is 1. The lowest BCUT2D eigenvalue weighted by atomic mass is 9.67. The second-order valence-corrected chi connectivity index (χ2v) is 7.52. The average Bonchev–Trinajstić information content (AvgIpc) is 3.21. The van der Waals surface area contributed by atoms with Crippen molar-refractivity contribution in [2.75, 3.05) is 40.1 Å². The lowest BCUT2D eigenvalue weighted by molar-refractivity contribution is -0.182. The summed E-state index contributed by atoms with van der Waals surface area (Å²) in [4.78, 5) is 12.1. The number of ether oxygens (including phenoxy) is 6. The molecule has 1 aromatic carbocycles. The van der Waals surface area contributed by atoms with Crippen molar-refractivity contribution in [1.29, 1.82) is 0 Å². The Kier molecular flexibility index (Phi) is 5.69. The molecule has 1 aliphatic carbocycles. The van der Waals surface area contributed by atoms with Crippen molar-refractivity contribution in [3.05, 3.63) is 29.8 Å². The maximum Gasteiger partial charge on any atom is 0.330 e. The van der Waals surface area contributed by atoms with Gasteiger partial charge in [-0.05, 0) is 25.8 Å². The first kappa shape index (κ1) is 20.0. The Morgan fingerprint density at radius 2 is 1.72 bits per heavy atom. The van der Waals surface area contributed by atoms with Crippen molar-refractivity contribution in [3.63, 3.8) is 0 Å². The first-order valence-electron chi connectivity index (χ1n) is 10.2. The zero-order valence-electron chi connectivity index (χ0n) is 17.0. The number of esters is 1. The summed E-state index contributed by atoms with van der Waals surface area (Å²) in [5.41, 5.74) is 0.575. The molecule has 2 aliphatic heterocycles. The molecule has 0 radical (unpaired) electrons. The van der Waals surface area contributed by atoms with Crippen molar-refractivity contribution >= 4 is 5.97 Å². The third kappa shape index (κ3) is 3.81. The molecular weight excluding hydrogens is 376 g/mol. The highest BCUT2D eigenvalue weighted by molar-refractivity contribution is 5.82. The van der Waals surface area contributed by atoms with Gasteiger partial charge in [-0.15, -0.1) is 0 Å². The zero-order chi connectivity index (χ0) is 20.3. The predicted octanol–water partition coefficient (Wildman–Crippen LogP) is 3.14. The Bertz CT molecular complexity index is 770. The first-order chi connectivity index (χ1) is 14.1. The monoisotopic (exact) mass is 404 g/mol. The van der Waals surface area contributed by atoms with Crippen molar-refractivity contribution in [1.82, 2.24) is 0 Å². The summed E-state index contributed by atoms with van der Waals surface area (Å²) < 4.78 is 34.3. The van der Waals surface area contributed by atoms with Crippen LogP contribution in [0, 0.1) is 0 Å². The molecule has 0 bridgehead atoms. The molecule has 158 valence electrons. The van der Waals surface area contributed by atoms with E-state index in [1.165, 1.54) is 6.08 Å². The Balaban J connectivity index is 1.72. The number of methoxy groups -OCH3 is 1. The highest BCUT2D eigenvalue weighted by Crippen LogP contribution is 2.53. The molecule has 1 aromatic rings. The molecule has 1 spiro atoms. The van der Waals surface area contributed by atoms with Gasteiger partial charge in [-0.1, -0.05) is 12.1 Å². The van der Waals surface area contributed by atoms with Crippen LogP contribution in [0.3, 0.4) is 0 Å². The van der Waals surface area contributed by atoms with E-state index in [1.54, 1.807) is 14.0 Å². The van der Waals surface area contributed by atoms with Crippen molar-refractivity contribution in [3.8, 4) is 17.2 Å². The zero-order valence-corrected chi connectivity index (χ0v) is 17.0. The number of hydrogen-bond acceptors (Lipinski definition) is 7. The summed E-state index contributed by atoms with van der Waals surface area (Å²) in [5.74, 6) is 1.09. The van der Waals surface area contributed by atoms with Gasteiger partial charge in [0.15, 0.2) is 17.3 Å². The molecule has 7 nitrogen and oxygen atoms in total. The smallest absolute Gasteiger partial charge is 0.330 e. The van der Waals surface area contributed by atoms with Crippen LogP contribution in [-0.4, -0.2) is 51.9 Å². The van der Waals surface area contributed by atoms with Gasteiger partial charge < -0.3 is 28.4 Å². The minimum absolute atomic E-state index is 0.343. The SMILES string of the molecule is CCOC(=O)/C=C/C1(c2ccc(OC)c3c2OCCO3)CCC2(CC1)OCCO2. The van der Waals surface area contributed by atoms with Crippen LogP contribution in [0.2, 0.25) is 0 Å². The summed E-state index contributed by atoms with van der Waals surface area (Å²) in [6, 6.07) is 3.91. The van der Waals surface area contributed by atoms with Crippen molar-refractivity contribution < 1.29 is 33.2 Å². The highest BCUT2D eigenvalue weighted by atomic mass is 16.7. The molecule has 1 saturated heterocycles. The quantitative estimate of drug-likeness (QED) is 0.551. The molecule has 3 aliphatic rings. The molecule has 29 heavy (non-hydrogen) atoms. The Morgan fingerprint density at radius 1 is 1.03 bits per heavy atom. The van der Waals surface area contributed by atoms with Gasteiger partial charge in [0.05, 0.1) is 26.9 Å². The van der Waals surface area contributed by atoms with E-state index in [1.807, 2.05) is 18.2 Å². The van der Waals surface area contributed by atoms with Gasteiger partial charge >= 0.3 is 5.97 Å². The Morgan fingerprint density at radius 3 is 2.38 bits per heavy atom. The van der Waals surface area contributed by atoms with E-state index in [4.69, 9.17) is 28.4 Å². The normalized spacial score (nSPS) is 22.0. The second kappa shape index (κ2) is 8.24. The maximum atomic E-state index is 12.1. The maximum absolute atomic E-state index is 12.1. The summed E-state index contributed by atoms with van der Waals surface area (Å²) in [6.07, 6.45) is 6.46. The van der Waals surface area contributed by atoms with Crippen LogP contribution in [0.5, 0.6) is 17.2 Å². The van der Waals surface area contributed by atoms with Crippen molar-refractivity contribution in [2.45, 2.75) is 43.8 Å². The fourth-order valence-corrected chi connectivity index (χ4v) is 4.47. The van der Waals surface area contributed by atoms with Gasteiger partial charge in [-0.25, -0.2) is 4.79 Å². The fourth-order valence-electron chi connectivity index (χ4n) is 4.47. The third-order valence-electron chi connectivity index (χ3n) is 5.95. The third-order valence-corrected chi connectivity index (χ3v) is 5.95. The van der Waals surface area contributed by atoms with Crippen LogP contribution in [0.4, 0.5) is 0 Å². The highest BCUT2D eigenvalue weighted by Gasteiger charge is 2.47. The largest absolute Gasteiger partial charge is 0.493 e. The van der Waals surface area contributed by atoms with E-state index in [-0.39, 0.29) is 5.97 Å². The lowest BCUT2D eigenvalue weighted by Crippen LogP contribution is -2.41. The van der Waals surface area contributed by atoms with E-state index in [0.717, 1.165) is 31.2 Å². The molecule has 0 atom stereocenters. The van der Waals surface area contributed by atoms with E-state index in [2.05, 4.69) is 0 Å². The fraction of sp³-hybridized carbons (Fsp3) is 0.591. The molecule has 0 unspecified atom stereocenters. The minimum atomic E-state index is -0.509. The van der Waals surface area contributed by atoms with Gasteiger partial charge in [0.25, 0.3) is 0 Å². The molecule has 0 N–H and O–H groups in total. The summed E-state index contributed by atoms with van der Waals surface area (Å²) in [6.45, 7) is 4.34. The molecule has 7 heteroatoms. The van der Waals surface area contributed by atoms with Crippen LogP contribution in [0.25, 0.3) is 0 Å². The number of fused-ring (bicyclic) bond motifs is 1. The van der Waals surface area contributed by atoms with E-state index >= 15 is 0 Å². The minimum Gasteiger partial charge on any atom is -0.493 e. The number of rotatable bonds is 5. The molecule has 0 amide bonds. The number of hydrogen-bond donors (Lipinski definition) is 0. The number of allylic oxidation sites excluding steroid dienone is 1. The van der Waals surface area contributed by atoms with Gasteiger partial charge in [-0.2, -0.15) is 0 Å². The molecule has 1 saturated carbocycles. The van der Waals surface area contributed by atoms with Gasteiger partial charge in [0.1, 0.15) is 13.2 Å². The molecule has 0 aromatic heterocycles. The number of benzene rings is 1. The summed E-state index contributed by atoms with van der Waals surface area (Å²) >= 11 is 0. The van der Waals surface area contributed by atoms with Crippen LogP contribution < -0.4 is 14.2 Å². The summed E-state index contributed by atoms with van der Waals surface area (Å²) in [5, 5.41) is 0. The molecular formula is C22H28O7. The molecule has 2 heterocycles. The van der Waals surface area contributed by atoms with Crippen LogP contribution in [-0.2, 0) is 24.4 Å². The van der Waals surface area contributed by atoms with Gasteiger partial charge in [0, 0.05) is 29.9 Å². The predicted molar refractivity (Wildman–Crippen MR) is 105 cm³/mol. The van der Waals surface area contributed by atoms with E-state index < -0.39 is 11.2 Å². The Hall–Kier alpha value is -2.25. The van der Waals surface area contributed by atoms with Crippen molar-refractivity contribution in [2.24, 2.45) is 0 Å². The van der Waals surface area contributed by atoms with Crippen LogP contribution >= 0.6 is 0 Å². The molecule has 4 rings (SSSR count). The van der Waals surface area contributed by atoms with Crippen LogP contribution in [0.1, 0.15) is 38.2 Å². The first-order valence-corrected chi connectivity index (χ1v) is 10.2. The standard InChI is InChI=1S/C22H28O7/c1-3-25-18(23)6-7-21(8-10-22(11-9-21)28-14-15-29-22)16-4-5-17(24-2)20-19(16)26-12-13-27-20/h4-7H,3,8-15H2,1-2H3/b7-6+. The average molecular weight is 404 g/mol. The molecule has 2 fully saturated rings. The van der Waals surface area contributed by atoms with Crippen LogP contribution in [0.15, 0.2) is 24.3 Å². The Labute approximate surface area is 170 Å². The summed E-state index contributed by atoms with van der Waals surface area (Å²) in [7, 11) is 1.61. The van der Waals surface area contributed by atoms with Gasteiger partial charge in [0.2, 0.25) is 5.75 Å². The van der Waals surface area contributed by atoms with E-state index in [0.29, 0.717) is 50.3 Å². The topological polar surface area (TPSA) is 72.5 Å². The lowest BCUT2D eigenvalue weighted by Gasteiger charge is -2.43. The van der Waals surface area contributed by atoms with Gasteiger partial charge in [-0.3, -0.25) is 0 Å². The van der Waals surface area contributed by atoms with E-state index in [9.17, 15) is 4.79 Å². The number of carbonyl (C=O) groups is 1. The second-order valence-electron chi connectivity index (χ2n) is 7.52.